The largest absolute Gasteiger partial charge is 0.336 e. The summed E-state index contributed by atoms with van der Waals surface area (Å²) in [4.78, 5) is 4.37. The number of hydrogen-bond acceptors (Lipinski definition) is 3. The molecule has 0 aliphatic rings. The van der Waals surface area contributed by atoms with Crippen LogP contribution in [0.2, 0.25) is 0 Å². The van der Waals surface area contributed by atoms with Crippen LogP contribution in [-0.4, -0.2) is 25.9 Å². The number of hydrogen-bond donors (Lipinski definition) is 1. The Morgan fingerprint density at radius 3 is 2.69 bits per heavy atom. The van der Waals surface area contributed by atoms with Crippen molar-refractivity contribution in [3.63, 3.8) is 0 Å². The van der Waals surface area contributed by atoms with Crippen LogP contribution in [0.25, 0.3) is 0 Å². The Labute approximate surface area is 95.1 Å². The average Bonchev–Trinajstić information content (AvgIpc) is 2.84. The SMILES string of the molecule is CCNC(c1ccn(C)n1)c1nccn1C. The topological polar surface area (TPSA) is 47.7 Å². The first-order chi connectivity index (χ1) is 7.72. The number of aromatic nitrogens is 4. The molecule has 5 nitrogen and oxygen atoms in total. The van der Waals surface area contributed by atoms with Crippen molar-refractivity contribution in [1.29, 1.82) is 0 Å². The zero-order valence-corrected chi connectivity index (χ0v) is 9.88. The van der Waals surface area contributed by atoms with Gasteiger partial charge in [-0.2, -0.15) is 5.10 Å². The van der Waals surface area contributed by atoms with E-state index in [0.717, 1.165) is 18.1 Å². The maximum absolute atomic E-state index is 4.43. The molecule has 0 fully saturated rings. The van der Waals surface area contributed by atoms with Crippen LogP contribution in [0.5, 0.6) is 0 Å². The van der Waals surface area contributed by atoms with Gasteiger partial charge in [-0.15, -0.1) is 0 Å². The van der Waals surface area contributed by atoms with Gasteiger partial charge in [-0.05, 0) is 12.6 Å². The lowest BCUT2D eigenvalue weighted by Crippen LogP contribution is -2.25. The van der Waals surface area contributed by atoms with Gasteiger partial charge in [0.2, 0.25) is 0 Å². The molecule has 2 heterocycles. The van der Waals surface area contributed by atoms with Crippen LogP contribution in [0.15, 0.2) is 24.7 Å². The second-order valence-electron chi connectivity index (χ2n) is 3.80. The molecule has 0 amide bonds. The van der Waals surface area contributed by atoms with Crippen LogP contribution < -0.4 is 5.32 Å². The van der Waals surface area contributed by atoms with Crippen LogP contribution in [0.4, 0.5) is 0 Å². The van der Waals surface area contributed by atoms with Gasteiger partial charge in [0.25, 0.3) is 0 Å². The monoisotopic (exact) mass is 219 g/mol. The van der Waals surface area contributed by atoms with Crippen LogP contribution in [0.3, 0.4) is 0 Å². The third kappa shape index (κ3) is 1.99. The Kier molecular flexibility index (Phi) is 3.05. The minimum atomic E-state index is 0.0613. The van der Waals surface area contributed by atoms with Gasteiger partial charge in [-0.25, -0.2) is 4.98 Å². The van der Waals surface area contributed by atoms with Gasteiger partial charge in [0.15, 0.2) is 0 Å². The Hall–Kier alpha value is -1.62. The summed E-state index contributed by atoms with van der Waals surface area (Å²) in [6, 6.07) is 2.08. The lowest BCUT2D eigenvalue weighted by atomic mass is 10.2. The molecule has 0 saturated carbocycles. The van der Waals surface area contributed by atoms with Gasteiger partial charge in [0.1, 0.15) is 11.9 Å². The average molecular weight is 219 g/mol. The molecule has 0 radical (unpaired) electrons. The zero-order valence-electron chi connectivity index (χ0n) is 9.88. The highest BCUT2D eigenvalue weighted by Crippen LogP contribution is 2.17. The molecule has 1 atom stereocenters. The lowest BCUT2D eigenvalue weighted by molar-refractivity contribution is 0.555. The minimum Gasteiger partial charge on any atom is -0.336 e. The van der Waals surface area contributed by atoms with E-state index in [4.69, 9.17) is 0 Å². The highest BCUT2D eigenvalue weighted by molar-refractivity contribution is 5.16. The van der Waals surface area contributed by atoms with E-state index >= 15 is 0 Å². The highest BCUT2D eigenvalue weighted by Gasteiger charge is 2.19. The normalized spacial score (nSPS) is 12.9. The van der Waals surface area contributed by atoms with Gasteiger partial charge in [-0.1, -0.05) is 6.92 Å². The van der Waals surface area contributed by atoms with E-state index in [-0.39, 0.29) is 6.04 Å². The van der Waals surface area contributed by atoms with Gasteiger partial charge in [-0.3, -0.25) is 4.68 Å². The fourth-order valence-corrected chi connectivity index (χ4v) is 1.77. The molecule has 5 heteroatoms. The molecule has 2 aromatic heterocycles. The number of nitrogens with one attached hydrogen (secondary N) is 1. The molecule has 0 saturated heterocycles. The molecule has 2 aromatic rings. The highest BCUT2D eigenvalue weighted by atomic mass is 15.3. The second-order valence-corrected chi connectivity index (χ2v) is 3.80. The van der Waals surface area contributed by atoms with E-state index < -0.39 is 0 Å². The Bertz CT molecular complexity index is 456. The number of nitrogens with zero attached hydrogens (tertiary/aromatic N) is 4. The second kappa shape index (κ2) is 4.49. The quantitative estimate of drug-likeness (QED) is 0.829. The molecule has 86 valence electrons. The van der Waals surface area contributed by atoms with E-state index in [1.807, 2.05) is 48.0 Å². The van der Waals surface area contributed by atoms with Crippen molar-refractivity contribution < 1.29 is 0 Å². The summed E-state index contributed by atoms with van der Waals surface area (Å²) in [5.74, 6) is 0.987. The summed E-state index contributed by atoms with van der Waals surface area (Å²) in [6.07, 6.45) is 5.70. The molecule has 2 rings (SSSR count). The zero-order chi connectivity index (χ0) is 11.5. The molecule has 1 N–H and O–H groups in total. The molecule has 0 spiro atoms. The van der Waals surface area contributed by atoms with Crippen molar-refractivity contribution in [3.8, 4) is 0 Å². The molecule has 0 bridgehead atoms. The van der Waals surface area contributed by atoms with Gasteiger partial charge in [0.05, 0.1) is 5.69 Å². The van der Waals surface area contributed by atoms with Crippen molar-refractivity contribution >= 4 is 0 Å². The van der Waals surface area contributed by atoms with E-state index in [2.05, 4.69) is 22.3 Å². The van der Waals surface area contributed by atoms with E-state index in [0.29, 0.717) is 0 Å². The number of aryl methyl sites for hydroxylation is 2. The van der Waals surface area contributed by atoms with Crippen LogP contribution in [0, 0.1) is 0 Å². The standard InChI is InChI=1S/C11H17N5/c1-4-12-10(9-5-7-16(3)14-9)11-13-6-8-15(11)2/h5-8,10,12H,4H2,1-3H3. The van der Waals surface area contributed by atoms with Crippen molar-refractivity contribution in [2.24, 2.45) is 14.1 Å². The number of imidazole rings is 1. The van der Waals surface area contributed by atoms with Gasteiger partial charge in [0, 0.05) is 32.7 Å². The van der Waals surface area contributed by atoms with Crippen molar-refractivity contribution in [2.45, 2.75) is 13.0 Å². The van der Waals surface area contributed by atoms with E-state index in [9.17, 15) is 0 Å². The predicted octanol–water partition coefficient (Wildman–Crippen LogP) is 0.852. The van der Waals surface area contributed by atoms with Gasteiger partial charge < -0.3 is 9.88 Å². The molecular formula is C11H17N5. The maximum atomic E-state index is 4.43. The fourth-order valence-electron chi connectivity index (χ4n) is 1.77. The number of rotatable bonds is 4. The molecule has 0 aliphatic carbocycles. The minimum absolute atomic E-state index is 0.0613. The molecule has 16 heavy (non-hydrogen) atoms. The summed E-state index contributed by atoms with van der Waals surface area (Å²) < 4.78 is 3.82. The van der Waals surface area contributed by atoms with E-state index in [1.54, 1.807) is 0 Å². The molecular weight excluding hydrogens is 202 g/mol. The lowest BCUT2D eigenvalue weighted by Gasteiger charge is -2.15. The third-order valence-corrected chi connectivity index (χ3v) is 2.55. The van der Waals surface area contributed by atoms with Gasteiger partial charge >= 0.3 is 0 Å². The Balaban J connectivity index is 2.34. The third-order valence-electron chi connectivity index (χ3n) is 2.55. The van der Waals surface area contributed by atoms with Crippen LogP contribution >= 0.6 is 0 Å². The molecule has 0 aromatic carbocycles. The Morgan fingerprint density at radius 2 is 2.19 bits per heavy atom. The molecule has 1 unspecified atom stereocenters. The first-order valence-electron chi connectivity index (χ1n) is 5.42. The predicted molar refractivity (Wildman–Crippen MR) is 61.9 cm³/mol. The van der Waals surface area contributed by atoms with Crippen molar-refractivity contribution in [1.82, 2.24) is 24.6 Å². The Morgan fingerprint density at radius 1 is 1.38 bits per heavy atom. The fraction of sp³-hybridized carbons (Fsp3) is 0.455. The first-order valence-corrected chi connectivity index (χ1v) is 5.42. The van der Waals surface area contributed by atoms with Crippen LogP contribution in [-0.2, 0) is 14.1 Å². The summed E-state index contributed by atoms with van der Waals surface area (Å²) in [5, 5.41) is 7.82. The summed E-state index contributed by atoms with van der Waals surface area (Å²) in [6.45, 7) is 2.97. The summed E-state index contributed by atoms with van der Waals surface area (Å²) in [7, 11) is 3.92. The maximum Gasteiger partial charge on any atom is 0.131 e. The summed E-state index contributed by atoms with van der Waals surface area (Å²) >= 11 is 0. The van der Waals surface area contributed by atoms with E-state index in [1.165, 1.54) is 0 Å². The van der Waals surface area contributed by atoms with Crippen molar-refractivity contribution in [3.05, 3.63) is 36.2 Å². The first kappa shape index (κ1) is 10.9. The smallest absolute Gasteiger partial charge is 0.131 e. The molecule has 0 aliphatic heterocycles. The van der Waals surface area contributed by atoms with Crippen molar-refractivity contribution in [2.75, 3.05) is 6.54 Å². The van der Waals surface area contributed by atoms with Crippen LogP contribution in [0.1, 0.15) is 24.5 Å². The summed E-state index contributed by atoms with van der Waals surface area (Å²) in [5.41, 5.74) is 0.999.